The van der Waals surface area contributed by atoms with Crippen LogP contribution in [0.15, 0.2) is 24.3 Å². The molecule has 0 aromatic heterocycles. The van der Waals surface area contributed by atoms with Crippen LogP contribution in [0.2, 0.25) is 5.02 Å². The molecule has 4 rings (SSSR count). The summed E-state index contributed by atoms with van der Waals surface area (Å²) in [7, 11) is 0. The van der Waals surface area contributed by atoms with E-state index in [1.54, 1.807) is 0 Å². The fraction of sp³-hybridized carbons (Fsp3) is 0.636. The number of piperidine rings is 1. The van der Waals surface area contributed by atoms with Crippen LogP contribution in [-0.2, 0) is 14.3 Å². The van der Waals surface area contributed by atoms with Gasteiger partial charge in [0.25, 0.3) is 0 Å². The molecule has 3 aliphatic rings. The zero-order valence-corrected chi connectivity index (χ0v) is 18.2. The minimum Gasteiger partial charge on any atom is -0.379 e. The smallest absolute Gasteiger partial charge is 0.227 e. The number of carbonyl (C=O) groups excluding carboxylic acids is 2. The Bertz CT molecular complexity index is 748. The SMILES string of the molecule is O=C1CC[C@H](C(=O)N2CCN(c3ccccc3Cl)CC2)CN1CCN1CCOCC1. The van der Waals surface area contributed by atoms with Gasteiger partial charge in [-0.1, -0.05) is 23.7 Å². The van der Waals surface area contributed by atoms with E-state index in [0.717, 1.165) is 56.6 Å². The lowest BCUT2D eigenvalue weighted by Gasteiger charge is -2.40. The first kappa shape index (κ1) is 21.4. The molecule has 7 nitrogen and oxygen atoms in total. The van der Waals surface area contributed by atoms with Crippen LogP contribution in [0.1, 0.15) is 12.8 Å². The van der Waals surface area contributed by atoms with E-state index in [2.05, 4.69) is 9.80 Å². The lowest BCUT2D eigenvalue weighted by molar-refractivity contribution is -0.143. The quantitative estimate of drug-likeness (QED) is 0.704. The van der Waals surface area contributed by atoms with Gasteiger partial charge in [-0.15, -0.1) is 0 Å². The van der Waals surface area contributed by atoms with Gasteiger partial charge in [0.1, 0.15) is 0 Å². The monoisotopic (exact) mass is 434 g/mol. The van der Waals surface area contributed by atoms with Gasteiger partial charge in [0.15, 0.2) is 0 Å². The first-order valence-corrected chi connectivity index (χ1v) is 11.4. The molecule has 0 aliphatic carbocycles. The zero-order valence-electron chi connectivity index (χ0n) is 17.5. The van der Waals surface area contributed by atoms with Crippen molar-refractivity contribution >= 4 is 29.1 Å². The molecular weight excluding hydrogens is 404 g/mol. The molecule has 3 fully saturated rings. The Labute approximate surface area is 183 Å². The van der Waals surface area contributed by atoms with Crippen molar-refractivity contribution in [3.8, 4) is 0 Å². The van der Waals surface area contributed by atoms with Crippen LogP contribution < -0.4 is 4.90 Å². The number of ether oxygens (including phenoxy) is 1. The summed E-state index contributed by atoms with van der Waals surface area (Å²) in [6.45, 7) is 8.40. The molecule has 0 N–H and O–H groups in total. The van der Waals surface area contributed by atoms with Gasteiger partial charge in [-0.2, -0.15) is 0 Å². The molecular formula is C22H31ClN4O3. The summed E-state index contributed by atoms with van der Waals surface area (Å²) in [5.41, 5.74) is 1.03. The van der Waals surface area contributed by atoms with Gasteiger partial charge in [0.05, 0.1) is 29.8 Å². The molecule has 0 spiro atoms. The Hall–Kier alpha value is -1.83. The minimum atomic E-state index is -0.0840. The minimum absolute atomic E-state index is 0.0840. The van der Waals surface area contributed by atoms with Crippen molar-refractivity contribution in [1.82, 2.24) is 14.7 Å². The number of carbonyl (C=O) groups is 2. The van der Waals surface area contributed by atoms with Crippen LogP contribution in [0.25, 0.3) is 0 Å². The highest BCUT2D eigenvalue weighted by molar-refractivity contribution is 6.33. The van der Waals surface area contributed by atoms with Crippen molar-refractivity contribution in [2.24, 2.45) is 5.92 Å². The van der Waals surface area contributed by atoms with E-state index < -0.39 is 0 Å². The van der Waals surface area contributed by atoms with Crippen LogP contribution in [-0.4, -0.2) is 98.6 Å². The lowest BCUT2D eigenvalue weighted by atomic mass is 9.95. The number of hydrogen-bond acceptors (Lipinski definition) is 5. The molecule has 1 aromatic rings. The fourth-order valence-electron chi connectivity index (χ4n) is 4.55. The summed E-state index contributed by atoms with van der Waals surface area (Å²) in [6.07, 6.45) is 1.13. The number of piperazine rings is 1. The van der Waals surface area contributed by atoms with Gasteiger partial charge in [0.2, 0.25) is 11.8 Å². The van der Waals surface area contributed by atoms with Crippen LogP contribution in [0, 0.1) is 5.92 Å². The predicted molar refractivity (Wildman–Crippen MR) is 117 cm³/mol. The molecule has 0 unspecified atom stereocenters. The van der Waals surface area contributed by atoms with E-state index in [4.69, 9.17) is 16.3 Å². The fourth-order valence-corrected chi connectivity index (χ4v) is 4.81. The average Bonchev–Trinajstić information content (AvgIpc) is 2.79. The number of hydrogen-bond donors (Lipinski definition) is 0. The Balaban J connectivity index is 1.28. The normalized spacial score (nSPS) is 23.7. The highest BCUT2D eigenvalue weighted by atomic mass is 35.5. The largest absolute Gasteiger partial charge is 0.379 e. The van der Waals surface area contributed by atoms with Crippen molar-refractivity contribution in [2.75, 3.05) is 77.0 Å². The number of benzene rings is 1. The first-order chi connectivity index (χ1) is 14.6. The zero-order chi connectivity index (χ0) is 20.9. The number of likely N-dealkylation sites (tertiary alicyclic amines) is 1. The van der Waals surface area contributed by atoms with Gasteiger partial charge in [-0.25, -0.2) is 0 Å². The number of anilines is 1. The maximum Gasteiger partial charge on any atom is 0.227 e. The van der Waals surface area contributed by atoms with Gasteiger partial charge in [-0.05, 0) is 18.6 Å². The Morgan fingerprint density at radius 3 is 2.50 bits per heavy atom. The van der Waals surface area contributed by atoms with Gasteiger partial charge >= 0.3 is 0 Å². The third kappa shape index (κ3) is 5.07. The van der Waals surface area contributed by atoms with E-state index in [-0.39, 0.29) is 17.7 Å². The summed E-state index contributed by atoms with van der Waals surface area (Å²) in [6, 6.07) is 7.85. The summed E-state index contributed by atoms with van der Waals surface area (Å²) in [5.74, 6) is 0.285. The number of rotatable bonds is 5. The van der Waals surface area contributed by atoms with Crippen molar-refractivity contribution in [3.63, 3.8) is 0 Å². The number of halogens is 1. The van der Waals surface area contributed by atoms with Crippen LogP contribution in [0.5, 0.6) is 0 Å². The second-order valence-electron chi connectivity index (χ2n) is 8.29. The van der Waals surface area contributed by atoms with E-state index >= 15 is 0 Å². The predicted octanol–water partition coefficient (Wildman–Crippen LogP) is 1.56. The van der Waals surface area contributed by atoms with E-state index in [1.807, 2.05) is 34.1 Å². The number of morpholine rings is 1. The molecule has 8 heteroatoms. The van der Waals surface area contributed by atoms with E-state index in [0.29, 0.717) is 39.0 Å². The maximum absolute atomic E-state index is 13.1. The number of para-hydroxylation sites is 1. The third-order valence-electron chi connectivity index (χ3n) is 6.42. The molecule has 3 aliphatic heterocycles. The maximum atomic E-state index is 13.1. The van der Waals surface area contributed by atoms with Gasteiger partial charge in [-0.3, -0.25) is 14.5 Å². The van der Waals surface area contributed by atoms with E-state index in [1.165, 1.54) is 0 Å². The summed E-state index contributed by atoms with van der Waals surface area (Å²) in [4.78, 5) is 33.9. The second-order valence-corrected chi connectivity index (χ2v) is 8.70. The average molecular weight is 435 g/mol. The number of amides is 2. The molecule has 3 heterocycles. The van der Waals surface area contributed by atoms with Crippen LogP contribution in [0.3, 0.4) is 0 Å². The van der Waals surface area contributed by atoms with Crippen molar-refractivity contribution in [3.05, 3.63) is 29.3 Å². The standard InChI is InChI=1S/C22H31ClN4O3/c23-19-3-1-2-4-20(19)25-9-11-26(12-10-25)22(29)18-5-6-21(28)27(17-18)8-7-24-13-15-30-16-14-24/h1-4,18H,5-17H2/t18-/m0/s1. The van der Waals surface area contributed by atoms with Crippen LogP contribution in [0.4, 0.5) is 5.69 Å². The summed E-state index contributed by atoms with van der Waals surface area (Å²) >= 11 is 6.32. The highest BCUT2D eigenvalue weighted by Gasteiger charge is 2.34. The molecule has 1 aromatic carbocycles. The third-order valence-corrected chi connectivity index (χ3v) is 6.74. The van der Waals surface area contributed by atoms with Crippen molar-refractivity contribution in [2.45, 2.75) is 12.8 Å². The Morgan fingerprint density at radius 1 is 1.03 bits per heavy atom. The van der Waals surface area contributed by atoms with E-state index in [9.17, 15) is 9.59 Å². The lowest BCUT2D eigenvalue weighted by Crippen LogP contribution is -2.54. The molecule has 30 heavy (non-hydrogen) atoms. The summed E-state index contributed by atoms with van der Waals surface area (Å²) < 4.78 is 5.39. The molecule has 0 radical (unpaired) electrons. The first-order valence-electron chi connectivity index (χ1n) is 11.0. The Morgan fingerprint density at radius 2 is 1.77 bits per heavy atom. The molecule has 0 saturated carbocycles. The Kier molecular flexibility index (Phi) is 7.12. The van der Waals surface area contributed by atoms with Crippen LogP contribution >= 0.6 is 11.6 Å². The molecule has 1 atom stereocenters. The molecule has 3 saturated heterocycles. The molecule has 2 amide bonds. The topological polar surface area (TPSA) is 56.3 Å². The van der Waals surface area contributed by atoms with Gasteiger partial charge in [0, 0.05) is 65.3 Å². The molecule has 0 bridgehead atoms. The highest BCUT2D eigenvalue weighted by Crippen LogP contribution is 2.27. The van der Waals surface area contributed by atoms with Gasteiger partial charge < -0.3 is 19.4 Å². The second kappa shape index (κ2) is 9.98. The number of nitrogens with zero attached hydrogens (tertiary/aromatic N) is 4. The molecule has 164 valence electrons. The summed E-state index contributed by atoms with van der Waals surface area (Å²) in [5, 5.41) is 0.749. The van der Waals surface area contributed by atoms with Crippen molar-refractivity contribution < 1.29 is 14.3 Å². The van der Waals surface area contributed by atoms with Crippen molar-refractivity contribution in [1.29, 1.82) is 0 Å².